The van der Waals surface area contributed by atoms with Gasteiger partial charge < -0.3 is 20.0 Å². The van der Waals surface area contributed by atoms with Crippen LogP contribution in [0.4, 0.5) is 0 Å². The summed E-state index contributed by atoms with van der Waals surface area (Å²) in [5, 5.41) is 16.0. The molecule has 0 spiro atoms. The summed E-state index contributed by atoms with van der Waals surface area (Å²) in [6, 6.07) is 22.5. The van der Waals surface area contributed by atoms with Crippen LogP contribution in [0.1, 0.15) is 16.1 Å². The van der Waals surface area contributed by atoms with E-state index in [0.717, 1.165) is 5.56 Å². The van der Waals surface area contributed by atoms with Crippen LogP contribution in [0.15, 0.2) is 78.9 Å². The maximum Gasteiger partial charge on any atom is 0.299 e. The van der Waals surface area contributed by atoms with Gasteiger partial charge in [0.1, 0.15) is 11.3 Å². The van der Waals surface area contributed by atoms with Crippen LogP contribution in [0, 0.1) is 10.1 Å². The Morgan fingerprint density at radius 3 is 2.37 bits per heavy atom. The number of fused-ring (bicyclic) bond motifs is 1. The summed E-state index contributed by atoms with van der Waals surface area (Å²) in [7, 11) is 1.47. The Bertz CT molecular complexity index is 1270. The number of carbonyl (C=O) groups excluding carboxylic acids is 1. The van der Waals surface area contributed by atoms with Gasteiger partial charge in [-0.15, -0.1) is 0 Å². The van der Waals surface area contributed by atoms with Gasteiger partial charge in [-0.05, 0) is 23.8 Å². The lowest BCUT2D eigenvalue weighted by Gasteiger charge is -2.19. The SMILES string of the molecule is COc1ccc2c(c1)n([O-])c(C(=O)NCc1ccccc1)c(-c1ccccc1)[n+]2=O. The fourth-order valence-corrected chi connectivity index (χ4v) is 3.31. The van der Waals surface area contributed by atoms with Gasteiger partial charge in [0.05, 0.1) is 17.1 Å². The molecule has 0 atom stereocenters. The maximum absolute atomic E-state index is 13.2. The highest BCUT2D eigenvalue weighted by molar-refractivity contribution is 5.99. The summed E-state index contributed by atoms with van der Waals surface area (Å²) in [5.74, 6) is -0.225. The normalized spacial score (nSPS) is 10.7. The molecule has 0 radical (unpaired) electrons. The molecular weight excluding hydrogens is 382 g/mol. The minimum Gasteiger partial charge on any atom is -0.805 e. The van der Waals surface area contributed by atoms with Gasteiger partial charge in [0.2, 0.25) is 0 Å². The topological polar surface area (TPSA) is 89.3 Å². The van der Waals surface area contributed by atoms with E-state index in [1.807, 2.05) is 30.3 Å². The van der Waals surface area contributed by atoms with Crippen molar-refractivity contribution >= 4 is 16.9 Å². The van der Waals surface area contributed by atoms with E-state index in [9.17, 15) is 14.9 Å². The van der Waals surface area contributed by atoms with Crippen LogP contribution in [-0.4, -0.2) is 17.7 Å². The number of nitrogens with one attached hydrogen (secondary N) is 1. The molecule has 0 bridgehead atoms. The zero-order chi connectivity index (χ0) is 21.1. The van der Waals surface area contributed by atoms with E-state index in [1.165, 1.54) is 19.2 Å². The van der Waals surface area contributed by atoms with Gasteiger partial charge in [0, 0.05) is 23.6 Å². The summed E-state index contributed by atoms with van der Waals surface area (Å²) in [4.78, 5) is 26.3. The quantitative estimate of drug-likeness (QED) is 0.518. The van der Waals surface area contributed by atoms with Crippen LogP contribution in [0.25, 0.3) is 22.3 Å². The number of carbonyl (C=O) groups is 1. The number of hydrogen-bond acceptors (Lipinski definition) is 4. The van der Waals surface area contributed by atoms with Crippen LogP contribution in [0.2, 0.25) is 0 Å². The van der Waals surface area contributed by atoms with E-state index >= 15 is 0 Å². The fourth-order valence-electron chi connectivity index (χ4n) is 3.31. The predicted molar refractivity (Wildman–Crippen MR) is 114 cm³/mol. The Labute approximate surface area is 172 Å². The minimum atomic E-state index is -0.637. The highest BCUT2D eigenvalue weighted by atomic mass is 16.5. The predicted octanol–water partition coefficient (Wildman–Crippen LogP) is 3.51. The van der Waals surface area contributed by atoms with Crippen molar-refractivity contribution in [2.45, 2.75) is 6.54 Å². The lowest BCUT2D eigenvalue weighted by atomic mass is 10.1. The molecule has 1 heterocycles. The molecule has 0 saturated heterocycles. The maximum atomic E-state index is 13.2. The first-order valence-electron chi connectivity index (χ1n) is 9.34. The van der Waals surface area contributed by atoms with Gasteiger partial charge in [0.25, 0.3) is 17.1 Å². The van der Waals surface area contributed by atoms with Crippen molar-refractivity contribution in [3.05, 3.63) is 100 Å². The number of aromatic nitrogens is 2. The number of ether oxygens (including phenoxy) is 1. The van der Waals surface area contributed by atoms with Gasteiger partial charge in [-0.25, -0.2) is 0 Å². The van der Waals surface area contributed by atoms with Crippen molar-refractivity contribution in [2.75, 3.05) is 7.11 Å². The molecule has 0 fully saturated rings. The van der Waals surface area contributed by atoms with Gasteiger partial charge in [-0.2, -0.15) is 0 Å². The number of rotatable bonds is 5. The third-order valence-corrected chi connectivity index (χ3v) is 4.81. The van der Waals surface area contributed by atoms with Crippen molar-refractivity contribution < 1.29 is 14.0 Å². The number of methoxy groups -OCH3 is 1. The number of benzene rings is 3. The van der Waals surface area contributed by atoms with E-state index in [1.54, 1.807) is 36.4 Å². The third kappa shape index (κ3) is 3.48. The molecule has 0 aliphatic carbocycles. The van der Waals surface area contributed by atoms with E-state index in [0.29, 0.717) is 20.5 Å². The fraction of sp³-hybridized carbons (Fsp3) is 0.0870. The molecule has 7 nitrogen and oxygen atoms in total. The second kappa shape index (κ2) is 8.08. The molecule has 1 amide bonds. The average Bonchev–Trinajstić information content (AvgIpc) is 2.80. The second-order valence-corrected chi connectivity index (χ2v) is 6.67. The van der Waals surface area contributed by atoms with E-state index in [4.69, 9.17) is 4.74 Å². The Morgan fingerprint density at radius 2 is 1.70 bits per heavy atom. The molecule has 0 aliphatic rings. The third-order valence-electron chi connectivity index (χ3n) is 4.81. The summed E-state index contributed by atoms with van der Waals surface area (Å²) >= 11 is 0. The largest absolute Gasteiger partial charge is 0.805 e. The first kappa shape index (κ1) is 19.2. The first-order valence-corrected chi connectivity index (χ1v) is 9.34. The summed E-state index contributed by atoms with van der Waals surface area (Å²) in [6.07, 6.45) is 0. The molecule has 0 saturated carbocycles. The molecule has 150 valence electrons. The van der Waals surface area contributed by atoms with Crippen LogP contribution in [0.3, 0.4) is 0 Å². The van der Waals surface area contributed by atoms with Crippen LogP contribution < -0.4 is 14.5 Å². The number of nitrogens with zero attached hydrogens (tertiary/aromatic N) is 2. The van der Waals surface area contributed by atoms with Gasteiger partial charge >= 0.3 is 0 Å². The average molecular weight is 401 g/mol. The van der Waals surface area contributed by atoms with E-state index < -0.39 is 5.91 Å². The molecular formula is C23H19N3O4. The van der Waals surface area contributed by atoms with Crippen molar-refractivity contribution in [1.82, 2.24) is 10.0 Å². The van der Waals surface area contributed by atoms with Crippen molar-refractivity contribution in [3.63, 3.8) is 0 Å². The molecule has 7 heteroatoms. The molecule has 3 aromatic carbocycles. The van der Waals surface area contributed by atoms with E-state index in [2.05, 4.69) is 5.32 Å². The standard InChI is InChI=1S/C23H19N3O4/c1-30-18-12-13-19-20(14-18)26(29)22(21(25(19)28)17-10-6-3-7-11-17)23(27)24-15-16-8-4-2-5-9-16/h2-14H,15H2,1H3,(H,24,27). The molecule has 0 unspecified atom stereocenters. The lowest BCUT2D eigenvalue weighted by molar-refractivity contribution is -0.452. The van der Waals surface area contributed by atoms with E-state index in [-0.39, 0.29) is 29.0 Å². The van der Waals surface area contributed by atoms with Crippen molar-refractivity contribution in [3.8, 4) is 17.0 Å². The first-order chi connectivity index (χ1) is 14.6. The zero-order valence-corrected chi connectivity index (χ0v) is 16.2. The molecule has 0 aliphatic heterocycles. The Balaban J connectivity index is 1.90. The smallest absolute Gasteiger partial charge is 0.299 e. The summed E-state index contributed by atoms with van der Waals surface area (Å²) in [6.45, 7) is 0.225. The second-order valence-electron chi connectivity index (χ2n) is 6.67. The zero-order valence-electron chi connectivity index (χ0n) is 16.2. The van der Waals surface area contributed by atoms with Gasteiger partial charge in [0.15, 0.2) is 5.69 Å². The van der Waals surface area contributed by atoms with Gasteiger partial charge in [-0.1, -0.05) is 48.5 Å². The highest BCUT2D eigenvalue weighted by Crippen LogP contribution is 2.25. The Hall–Kier alpha value is -4.13. The summed E-state index contributed by atoms with van der Waals surface area (Å²) in [5.41, 5.74) is 1.27. The molecule has 4 aromatic rings. The van der Waals surface area contributed by atoms with Crippen LogP contribution in [0.5, 0.6) is 5.75 Å². The van der Waals surface area contributed by atoms with Crippen LogP contribution >= 0.6 is 0 Å². The van der Waals surface area contributed by atoms with Gasteiger partial charge in [-0.3, -0.25) is 4.79 Å². The van der Waals surface area contributed by atoms with Crippen LogP contribution in [-0.2, 0) is 6.54 Å². The summed E-state index contributed by atoms with van der Waals surface area (Å²) < 4.78 is 6.29. The number of hydrogen-bond donors (Lipinski definition) is 1. The number of amides is 1. The molecule has 30 heavy (non-hydrogen) atoms. The lowest BCUT2D eigenvalue weighted by Crippen LogP contribution is -2.32. The minimum absolute atomic E-state index is 0.00571. The Kier molecular flexibility index (Phi) is 5.17. The van der Waals surface area contributed by atoms with Crippen molar-refractivity contribution in [2.24, 2.45) is 0 Å². The Morgan fingerprint density at radius 1 is 1.03 bits per heavy atom. The highest BCUT2D eigenvalue weighted by Gasteiger charge is 2.28. The van der Waals surface area contributed by atoms with Crippen molar-refractivity contribution in [1.29, 1.82) is 0 Å². The molecule has 1 N–H and O–H groups in total. The molecule has 4 rings (SSSR count). The monoisotopic (exact) mass is 401 g/mol. The molecule has 1 aromatic heterocycles.